The van der Waals surface area contributed by atoms with Gasteiger partial charge in [-0.2, -0.15) is 0 Å². The highest BCUT2D eigenvalue weighted by Crippen LogP contribution is 2.27. The number of fused-ring (bicyclic) bond motifs is 1. The van der Waals surface area contributed by atoms with E-state index in [0.717, 1.165) is 23.4 Å². The van der Waals surface area contributed by atoms with Crippen molar-refractivity contribution < 1.29 is 0 Å². The average molecular weight is 251 g/mol. The van der Waals surface area contributed by atoms with Crippen LogP contribution in [0.4, 0.5) is 0 Å². The predicted molar refractivity (Wildman–Crippen MR) is 77.2 cm³/mol. The van der Waals surface area contributed by atoms with Gasteiger partial charge in [0.1, 0.15) is 5.82 Å². The van der Waals surface area contributed by atoms with Gasteiger partial charge in [-0.3, -0.25) is 0 Å². The summed E-state index contributed by atoms with van der Waals surface area (Å²) >= 11 is 0. The number of hydrogen-bond donors (Lipinski definition) is 1. The van der Waals surface area contributed by atoms with Crippen LogP contribution in [0.3, 0.4) is 0 Å². The zero-order chi connectivity index (χ0) is 13.2. The number of aryl methyl sites for hydroxylation is 1. The van der Waals surface area contributed by atoms with Gasteiger partial charge in [0.25, 0.3) is 0 Å². The lowest BCUT2D eigenvalue weighted by Crippen LogP contribution is -2.01. The second kappa shape index (κ2) is 4.84. The fraction of sp³-hybridized carbons (Fsp3) is 0.250. The van der Waals surface area contributed by atoms with Gasteiger partial charge in [0.05, 0.1) is 5.52 Å². The molecule has 1 atom stereocenters. The summed E-state index contributed by atoms with van der Waals surface area (Å²) in [5.41, 5.74) is 4.34. The molecule has 3 nitrogen and oxygen atoms in total. The molecule has 0 bridgehead atoms. The molecule has 0 radical (unpaired) electrons. The molecule has 0 aliphatic carbocycles. The largest absolute Gasteiger partial charge is 0.340 e. The van der Waals surface area contributed by atoms with Crippen LogP contribution in [-0.4, -0.2) is 15.0 Å². The van der Waals surface area contributed by atoms with Crippen LogP contribution in [0.25, 0.3) is 11.2 Å². The van der Waals surface area contributed by atoms with Crippen molar-refractivity contribution in [3.63, 3.8) is 0 Å². The molecule has 0 saturated heterocycles. The van der Waals surface area contributed by atoms with Gasteiger partial charge in [-0.15, -0.1) is 0 Å². The van der Waals surface area contributed by atoms with E-state index in [1.165, 1.54) is 11.1 Å². The number of rotatable bonds is 3. The second-order valence-corrected chi connectivity index (χ2v) is 4.82. The third-order valence-corrected chi connectivity index (χ3v) is 3.56. The number of aromatic amines is 1. The average Bonchev–Trinajstić information content (AvgIpc) is 2.86. The molecule has 0 fully saturated rings. The van der Waals surface area contributed by atoms with E-state index in [0.29, 0.717) is 5.92 Å². The zero-order valence-corrected chi connectivity index (χ0v) is 11.2. The van der Waals surface area contributed by atoms with Crippen molar-refractivity contribution in [2.75, 3.05) is 0 Å². The lowest BCUT2D eigenvalue weighted by Gasteiger charge is -2.12. The number of benzene rings is 1. The number of aromatic nitrogens is 3. The van der Waals surface area contributed by atoms with Crippen molar-refractivity contribution in [3.8, 4) is 0 Å². The Bertz CT molecular complexity index is 686. The number of nitrogens with one attached hydrogen (secondary N) is 1. The molecule has 0 spiro atoms. The molecule has 96 valence electrons. The molecule has 0 aliphatic heterocycles. The minimum absolute atomic E-state index is 0.301. The molecule has 19 heavy (non-hydrogen) atoms. The summed E-state index contributed by atoms with van der Waals surface area (Å²) in [5, 5.41) is 0. The van der Waals surface area contributed by atoms with Gasteiger partial charge >= 0.3 is 0 Å². The molecule has 3 aromatic rings. The molecule has 0 amide bonds. The summed E-state index contributed by atoms with van der Waals surface area (Å²) in [6, 6.07) is 12.5. The fourth-order valence-corrected chi connectivity index (χ4v) is 2.49. The fourth-order valence-electron chi connectivity index (χ4n) is 2.49. The first kappa shape index (κ1) is 11.9. The number of imidazole rings is 1. The molecular weight excluding hydrogens is 234 g/mol. The van der Waals surface area contributed by atoms with Gasteiger partial charge in [0.2, 0.25) is 0 Å². The summed E-state index contributed by atoms with van der Waals surface area (Å²) in [7, 11) is 0. The molecule has 2 heterocycles. The standard InChI is InChI=1S/C16H17N3/c1-3-13(12-7-5-4-6-8-12)15-18-14-11(2)9-10-17-16(14)19-15/h4-10,13H,3H2,1-2H3,(H,17,18,19). The Morgan fingerprint density at radius 3 is 2.63 bits per heavy atom. The summed E-state index contributed by atoms with van der Waals surface area (Å²) in [6.07, 6.45) is 2.83. The summed E-state index contributed by atoms with van der Waals surface area (Å²) in [4.78, 5) is 12.4. The second-order valence-electron chi connectivity index (χ2n) is 4.82. The zero-order valence-electron chi connectivity index (χ0n) is 11.2. The van der Waals surface area contributed by atoms with Crippen molar-refractivity contribution >= 4 is 11.2 Å². The van der Waals surface area contributed by atoms with Gasteiger partial charge in [-0.1, -0.05) is 37.3 Å². The highest BCUT2D eigenvalue weighted by atomic mass is 15.0. The normalized spacial score (nSPS) is 12.7. The number of nitrogens with zero attached hydrogens (tertiary/aromatic N) is 2. The molecule has 1 aromatic carbocycles. The van der Waals surface area contributed by atoms with Crippen molar-refractivity contribution in [3.05, 3.63) is 59.5 Å². The van der Waals surface area contributed by atoms with Crippen LogP contribution in [-0.2, 0) is 0 Å². The van der Waals surface area contributed by atoms with E-state index < -0.39 is 0 Å². The van der Waals surface area contributed by atoms with Gasteiger partial charge < -0.3 is 4.98 Å². The first-order chi connectivity index (χ1) is 9.29. The lowest BCUT2D eigenvalue weighted by molar-refractivity contribution is 0.732. The minimum Gasteiger partial charge on any atom is -0.340 e. The molecule has 1 N–H and O–H groups in total. The van der Waals surface area contributed by atoms with E-state index >= 15 is 0 Å². The molecular formula is C16H17N3. The number of hydrogen-bond acceptors (Lipinski definition) is 2. The van der Waals surface area contributed by atoms with Gasteiger partial charge in [0, 0.05) is 12.1 Å². The Morgan fingerprint density at radius 1 is 1.16 bits per heavy atom. The van der Waals surface area contributed by atoms with Crippen LogP contribution in [0.15, 0.2) is 42.6 Å². The van der Waals surface area contributed by atoms with Crippen LogP contribution in [0.5, 0.6) is 0 Å². The minimum atomic E-state index is 0.301. The summed E-state index contributed by atoms with van der Waals surface area (Å²) in [5.74, 6) is 1.31. The topological polar surface area (TPSA) is 41.6 Å². The van der Waals surface area contributed by atoms with Crippen LogP contribution in [0.1, 0.15) is 36.2 Å². The van der Waals surface area contributed by atoms with E-state index in [4.69, 9.17) is 0 Å². The van der Waals surface area contributed by atoms with E-state index in [-0.39, 0.29) is 0 Å². The van der Waals surface area contributed by atoms with Crippen LogP contribution < -0.4 is 0 Å². The van der Waals surface area contributed by atoms with Crippen molar-refractivity contribution in [2.45, 2.75) is 26.2 Å². The van der Waals surface area contributed by atoms with E-state index in [9.17, 15) is 0 Å². The maximum absolute atomic E-state index is 4.65. The Balaban J connectivity index is 2.09. The summed E-state index contributed by atoms with van der Waals surface area (Å²) < 4.78 is 0. The smallest absolute Gasteiger partial charge is 0.177 e. The Labute approximate surface area is 112 Å². The highest BCUT2D eigenvalue weighted by Gasteiger charge is 2.16. The molecule has 3 heteroatoms. The first-order valence-corrected chi connectivity index (χ1v) is 6.65. The molecule has 0 aliphatic rings. The Morgan fingerprint density at radius 2 is 1.95 bits per heavy atom. The van der Waals surface area contributed by atoms with Gasteiger partial charge in [0.15, 0.2) is 5.65 Å². The number of pyridine rings is 1. The molecule has 3 rings (SSSR count). The van der Waals surface area contributed by atoms with Crippen LogP contribution >= 0.6 is 0 Å². The van der Waals surface area contributed by atoms with E-state index in [1.807, 2.05) is 18.3 Å². The maximum Gasteiger partial charge on any atom is 0.177 e. The Kier molecular flexibility index (Phi) is 3.03. The van der Waals surface area contributed by atoms with Crippen molar-refractivity contribution in [1.82, 2.24) is 15.0 Å². The molecule has 0 saturated carbocycles. The molecule has 1 unspecified atom stereocenters. The third kappa shape index (κ3) is 2.12. The SMILES string of the molecule is CCC(c1ccccc1)c1nc2nccc(C)c2[nH]1. The van der Waals surface area contributed by atoms with E-state index in [1.54, 1.807) is 0 Å². The monoisotopic (exact) mass is 251 g/mol. The first-order valence-electron chi connectivity index (χ1n) is 6.65. The third-order valence-electron chi connectivity index (χ3n) is 3.56. The number of H-pyrrole nitrogens is 1. The lowest BCUT2D eigenvalue weighted by atomic mass is 9.96. The predicted octanol–water partition coefficient (Wildman–Crippen LogP) is 3.81. The summed E-state index contributed by atoms with van der Waals surface area (Å²) in [6.45, 7) is 4.26. The van der Waals surface area contributed by atoms with Crippen molar-refractivity contribution in [2.24, 2.45) is 0 Å². The van der Waals surface area contributed by atoms with Gasteiger partial charge in [-0.05, 0) is 30.5 Å². The molecule has 2 aromatic heterocycles. The van der Waals surface area contributed by atoms with E-state index in [2.05, 4.69) is 53.1 Å². The highest BCUT2D eigenvalue weighted by molar-refractivity contribution is 5.74. The van der Waals surface area contributed by atoms with Crippen molar-refractivity contribution in [1.29, 1.82) is 0 Å². The Hall–Kier alpha value is -2.16. The van der Waals surface area contributed by atoms with Gasteiger partial charge in [-0.25, -0.2) is 9.97 Å². The van der Waals surface area contributed by atoms with Crippen LogP contribution in [0.2, 0.25) is 0 Å². The maximum atomic E-state index is 4.65. The quantitative estimate of drug-likeness (QED) is 0.769. The van der Waals surface area contributed by atoms with Crippen LogP contribution in [0, 0.1) is 6.92 Å².